The smallest absolute Gasteiger partial charge is 0.327 e. The van der Waals surface area contributed by atoms with Crippen LogP contribution in [0, 0.1) is 0 Å². The summed E-state index contributed by atoms with van der Waals surface area (Å²) in [5.74, 6) is -0.981. The minimum atomic E-state index is -0.981. The van der Waals surface area contributed by atoms with Crippen LogP contribution >= 0.6 is 0 Å². The summed E-state index contributed by atoms with van der Waals surface area (Å²) in [4.78, 5) is 9.25. The van der Waals surface area contributed by atoms with Gasteiger partial charge in [-0.1, -0.05) is 38.5 Å². The zero-order valence-electron chi connectivity index (χ0n) is 6.42. The predicted molar refractivity (Wildman–Crippen MR) is 47.4 cm³/mol. The zero-order valence-corrected chi connectivity index (χ0v) is 6.42. The first-order chi connectivity index (χ1) is 5.08. The molecule has 0 saturated heterocycles. The highest BCUT2D eigenvalue weighted by Crippen LogP contribution is 1.86. The standard InChI is InChI=1S/C6H8.C3H4O2/c1-4-6(3)5-2;1-2-3(4)5/h4-5H,1-3H2;2H,1H2,(H,4,5). The van der Waals surface area contributed by atoms with Gasteiger partial charge in [0.15, 0.2) is 0 Å². The summed E-state index contributed by atoms with van der Waals surface area (Å²) >= 11 is 0. The molecule has 0 amide bonds. The molecule has 0 aromatic heterocycles. The van der Waals surface area contributed by atoms with Gasteiger partial charge in [0.25, 0.3) is 0 Å². The molecule has 0 heterocycles. The molecule has 1 N–H and O–H groups in total. The Morgan fingerprint density at radius 2 is 1.36 bits per heavy atom. The van der Waals surface area contributed by atoms with E-state index in [1.54, 1.807) is 12.2 Å². The van der Waals surface area contributed by atoms with Crippen molar-refractivity contribution < 1.29 is 9.90 Å². The average Bonchev–Trinajstić information content (AvgIpc) is 2.04. The van der Waals surface area contributed by atoms with Gasteiger partial charge in [0.1, 0.15) is 0 Å². The van der Waals surface area contributed by atoms with Crippen LogP contribution in [0.4, 0.5) is 0 Å². The van der Waals surface area contributed by atoms with Crippen LogP contribution in [-0.4, -0.2) is 11.1 Å². The second-order valence-electron chi connectivity index (χ2n) is 1.53. The molecular weight excluding hydrogens is 140 g/mol. The molecule has 0 saturated carbocycles. The third kappa shape index (κ3) is 17.8. The van der Waals surface area contributed by atoms with E-state index in [4.69, 9.17) is 5.11 Å². The van der Waals surface area contributed by atoms with E-state index >= 15 is 0 Å². The van der Waals surface area contributed by atoms with E-state index in [9.17, 15) is 4.79 Å². The highest BCUT2D eigenvalue weighted by molar-refractivity contribution is 5.78. The SMILES string of the molecule is C=CC(=C)C=C.C=CC(=O)O. The van der Waals surface area contributed by atoms with Crippen molar-refractivity contribution in [1.82, 2.24) is 0 Å². The van der Waals surface area contributed by atoms with Gasteiger partial charge in [-0.25, -0.2) is 4.79 Å². The molecule has 0 aromatic rings. The third-order valence-corrected chi connectivity index (χ3v) is 0.699. The van der Waals surface area contributed by atoms with Crippen LogP contribution in [0.2, 0.25) is 0 Å². The number of carboxylic acid groups (broad SMARTS) is 1. The molecule has 11 heavy (non-hydrogen) atoms. The van der Waals surface area contributed by atoms with Crippen LogP contribution in [0.15, 0.2) is 50.1 Å². The second kappa shape index (κ2) is 8.43. The summed E-state index contributed by atoms with van der Waals surface area (Å²) in [6, 6.07) is 0. The summed E-state index contributed by atoms with van der Waals surface area (Å²) in [6.07, 6.45) is 4.15. The molecule has 0 radical (unpaired) electrons. The van der Waals surface area contributed by atoms with Gasteiger partial charge in [-0.15, -0.1) is 0 Å². The van der Waals surface area contributed by atoms with Crippen LogP contribution in [-0.2, 0) is 4.79 Å². The maximum atomic E-state index is 9.25. The molecule has 0 rings (SSSR count). The highest BCUT2D eigenvalue weighted by atomic mass is 16.4. The Balaban J connectivity index is 0. The molecule has 0 atom stereocenters. The molecule has 0 spiro atoms. The fourth-order valence-corrected chi connectivity index (χ4v) is 0.0833. The van der Waals surface area contributed by atoms with Crippen molar-refractivity contribution in [2.24, 2.45) is 0 Å². The van der Waals surface area contributed by atoms with E-state index in [1.165, 1.54) is 0 Å². The van der Waals surface area contributed by atoms with Gasteiger partial charge in [-0.3, -0.25) is 0 Å². The number of carbonyl (C=O) groups is 1. The molecule has 2 nitrogen and oxygen atoms in total. The van der Waals surface area contributed by atoms with Crippen molar-refractivity contribution >= 4 is 5.97 Å². The first-order valence-corrected chi connectivity index (χ1v) is 2.87. The summed E-state index contributed by atoms with van der Waals surface area (Å²) < 4.78 is 0. The fourth-order valence-electron chi connectivity index (χ4n) is 0.0833. The number of hydrogen-bond donors (Lipinski definition) is 1. The molecule has 60 valence electrons. The molecular formula is C9H12O2. The Bertz CT molecular complexity index is 168. The minimum Gasteiger partial charge on any atom is -0.478 e. The lowest BCUT2D eigenvalue weighted by Gasteiger charge is -1.76. The molecule has 0 aliphatic heterocycles. The van der Waals surface area contributed by atoms with E-state index in [2.05, 4.69) is 26.3 Å². The van der Waals surface area contributed by atoms with Crippen molar-refractivity contribution in [3.63, 3.8) is 0 Å². The molecule has 2 heteroatoms. The van der Waals surface area contributed by atoms with Gasteiger partial charge in [0, 0.05) is 6.08 Å². The van der Waals surface area contributed by atoms with Gasteiger partial charge in [0.05, 0.1) is 0 Å². The molecule has 0 unspecified atom stereocenters. The lowest BCUT2D eigenvalue weighted by molar-refractivity contribution is -0.131. The van der Waals surface area contributed by atoms with Crippen LogP contribution in [0.5, 0.6) is 0 Å². The number of rotatable bonds is 3. The molecule has 0 aliphatic rings. The summed E-state index contributed by atoms with van der Waals surface area (Å²) in [7, 11) is 0. The summed E-state index contributed by atoms with van der Waals surface area (Å²) in [5, 5.41) is 7.60. The lowest BCUT2D eigenvalue weighted by Crippen LogP contribution is -1.82. The normalized spacial score (nSPS) is 6.55. The van der Waals surface area contributed by atoms with E-state index in [0.29, 0.717) is 0 Å². The largest absolute Gasteiger partial charge is 0.478 e. The van der Waals surface area contributed by atoms with Gasteiger partial charge in [0.2, 0.25) is 0 Å². The van der Waals surface area contributed by atoms with Crippen molar-refractivity contribution in [1.29, 1.82) is 0 Å². The molecule has 0 aliphatic carbocycles. The van der Waals surface area contributed by atoms with E-state index in [-0.39, 0.29) is 0 Å². The van der Waals surface area contributed by atoms with Crippen molar-refractivity contribution in [2.75, 3.05) is 0 Å². The Morgan fingerprint density at radius 3 is 1.36 bits per heavy atom. The van der Waals surface area contributed by atoms with Crippen molar-refractivity contribution in [2.45, 2.75) is 0 Å². The zero-order chi connectivity index (χ0) is 9.28. The van der Waals surface area contributed by atoms with E-state index in [0.717, 1.165) is 11.6 Å². The van der Waals surface area contributed by atoms with Crippen LogP contribution in [0.25, 0.3) is 0 Å². The van der Waals surface area contributed by atoms with Crippen LogP contribution < -0.4 is 0 Å². The lowest BCUT2D eigenvalue weighted by atomic mass is 10.3. The maximum absolute atomic E-state index is 9.25. The maximum Gasteiger partial charge on any atom is 0.327 e. The topological polar surface area (TPSA) is 37.3 Å². The molecule has 0 bridgehead atoms. The van der Waals surface area contributed by atoms with Crippen LogP contribution in [0.3, 0.4) is 0 Å². The van der Waals surface area contributed by atoms with E-state index < -0.39 is 5.97 Å². The fraction of sp³-hybridized carbons (Fsp3) is 0. The van der Waals surface area contributed by atoms with Crippen LogP contribution in [0.1, 0.15) is 0 Å². The average molecular weight is 152 g/mol. The van der Waals surface area contributed by atoms with Gasteiger partial charge < -0.3 is 5.11 Å². The molecule has 0 fully saturated rings. The van der Waals surface area contributed by atoms with Crippen molar-refractivity contribution in [3.8, 4) is 0 Å². The Hall–Kier alpha value is -1.57. The Morgan fingerprint density at radius 1 is 1.09 bits per heavy atom. The van der Waals surface area contributed by atoms with Crippen molar-refractivity contribution in [3.05, 3.63) is 50.1 Å². The van der Waals surface area contributed by atoms with Gasteiger partial charge in [-0.2, -0.15) is 0 Å². The Labute approximate surface area is 66.9 Å². The number of hydrogen-bond acceptors (Lipinski definition) is 1. The quantitative estimate of drug-likeness (QED) is 0.497. The molecule has 0 aromatic carbocycles. The summed E-state index contributed by atoms with van der Waals surface area (Å²) in [6.45, 7) is 13.4. The number of allylic oxidation sites excluding steroid dienone is 3. The third-order valence-electron chi connectivity index (χ3n) is 0.699. The first-order valence-electron chi connectivity index (χ1n) is 2.87. The minimum absolute atomic E-state index is 0.833. The Kier molecular flexibility index (Phi) is 9.30. The van der Waals surface area contributed by atoms with Gasteiger partial charge in [-0.05, 0) is 5.57 Å². The monoisotopic (exact) mass is 152 g/mol. The first kappa shape index (κ1) is 12.1. The van der Waals surface area contributed by atoms with E-state index in [1.807, 2.05) is 0 Å². The summed E-state index contributed by atoms with van der Waals surface area (Å²) in [5.41, 5.74) is 0.870. The van der Waals surface area contributed by atoms with Gasteiger partial charge >= 0.3 is 5.97 Å². The second-order valence-corrected chi connectivity index (χ2v) is 1.53. The predicted octanol–water partition coefficient (Wildman–Crippen LogP) is 2.17. The highest BCUT2D eigenvalue weighted by Gasteiger charge is 1.73. The number of aliphatic carboxylic acids is 1. The number of carboxylic acids is 1.